The zero-order chi connectivity index (χ0) is 11.7. The first kappa shape index (κ1) is 11.6. The molecule has 4 heteroatoms. The van der Waals surface area contributed by atoms with Gasteiger partial charge in [0.2, 0.25) is 0 Å². The van der Waals surface area contributed by atoms with Gasteiger partial charge in [-0.3, -0.25) is 0 Å². The van der Waals surface area contributed by atoms with Crippen molar-refractivity contribution in [3.63, 3.8) is 0 Å². The van der Waals surface area contributed by atoms with E-state index in [1.54, 1.807) is 7.11 Å². The summed E-state index contributed by atoms with van der Waals surface area (Å²) >= 11 is 1.85. The fourth-order valence-corrected chi connectivity index (χ4v) is 3.71. The molecule has 3 rings (SSSR count). The van der Waals surface area contributed by atoms with Gasteiger partial charge in [-0.1, -0.05) is 0 Å². The van der Waals surface area contributed by atoms with Crippen LogP contribution in [-0.4, -0.2) is 24.7 Å². The van der Waals surface area contributed by atoms with Gasteiger partial charge < -0.3 is 10.1 Å². The van der Waals surface area contributed by atoms with Crippen molar-refractivity contribution in [1.82, 2.24) is 10.3 Å². The van der Waals surface area contributed by atoms with Crippen molar-refractivity contribution in [3.8, 4) is 0 Å². The highest BCUT2D eigenvalue weighted by atomic mass is 32.1. The number of fused-ring (bicyclic) bond motifs is 1. The number of aryl methyl sites for hydroxylation is 1. The lowest BCUT2D eigenvalue weighted by Crippen LogP contribution is -2.25. The van der Waals surface area contributed by atoms with E-state index in [0.717, 1.165) is 17.6 Å². The van der Waals surface area contributed by atoms with Crippen LogP contribution in [0.3, 0.4) is 0 Å². The van der Waals surface area contributed by atoms with Crippen molar-refractivity contribution >= 4 is 11.3 Å². The van der Waals surface area contributed by atoms with Crippen LogP contribution in [0.15, 0.2) is 0 Å². The molecule has 1 saturated carbocycles. The molecule has 0 saturated heterocycles. The van der Waals surface area contributed by atoms with E-state index < -0.39 is 0 Å². The molecule has 0 aliphatic heterocycles. The van der Waals surface area contributed by atoms with E-state index in [9.17, 15) is 0 Å². The molecule has 3 nitrogen and oxygen atoms in total. The Bertz CT molecular complexity index is 387. The van der Waals surface area contributed by atoms with Gasteiger partial charge in [-0.25, -0.2) is 4.98 Å². The molecular formula is C13H20N2OS. The van der Waals surface area contributed by atoms with Crippen molar-refractivity contribution in [3.05, 3.63) is 15.6 Å². The summed E-state index contributed by atoms with van der Waals surface area (Å²) in [5.74, 6) is 0.640. The zero-order valence-electron chi connectivity index (χ0n) is 10.4. The quantitative estimate of drug-likeness (QED) is 0.874. The molecule has 0 spiro atoms. The van der Waals surface area contributed by atoms with Gasteiger partial charge in [0.15, 0.2) is 0 Å². The third-order valence-corrected chi connectivity index (χ3v) is 4.72. The molecule has 2 aliphatic rings. The number of methoxy groups -OCH3 is 1. The second-order valence-corrected chi connectivity index (χ2v) is 6.29. The predicted molar refractivity (Wildman–Crippen MR) is 69.5 cm³/mol. The number of nitrogens with zero attached hydrogens (tertiary/aromatic N) is 1. The third kappa shape index (κ3) is 2.69. The van der Waals surface area contributed by atoms with Crippen LogP contribution in [0.5, 0.6) is 0 Å². The van der Waals surface area contributed by atoms with Gasteiger partial charge in [-0.2, -0.15) is 0 Å². The molecule has 17 heavy (non-hydrogen) atoms. The third-order valence-electron chi connectivity index (χ3n) is 3.61. The van der Waals surface area contributed by atoms with E-state index in [0.29, 0.717) is 12.5 Å². The summed E-state index contributed by atoms with van der Waals surface area (Å²) in [7, 11) is 1.74. The maximum atomic E-state index is 5.18. The molecule has 1 atom stereocenters. The Morgan fingerprint density at radius 3 is 3.06 bits per heavy atom. The number of rotatable bonds is 5. The highest BCUT2D eigenvalue weighted by molar-refractivity contribution is 7.11. The molecule has 2 aliphatic carbocycles. The van der Waals surface area contributed by atoms with E-state index in [4.69, 9.17) is 9.72 Å². The number of aromatic nitrogens is 1. The first-order valence-corrected chi connectivity index (χ1v) is 7.39. The Morgan fingerprint density at radius 1 is 1.41 bits per heavy atom. The van der Waals surface area contributed by atoms with Crippen molar-refractivity contribution in [1.29, 1.82) is 0 Å². The summed E-state index contributed by atoms with van der Waals surface area (Å²) in [6, 6.07) is 0.803. The molecule has 1 unspecified atom stereocenters. The molecule has 0 aromatic carbocycles. The average molecular weight is 252 g/mol. The Morgan fingerprint density at radius 2 is 2.29 bits per heavy atom. The van der Waals surface area contributed by atoms with Crippen LogP contribution >= 0.6 is 11.3 Å². The van der Waals surface area contributed by atoms with E-state index in [1.807, 2.05) is 11.3 Å². The van der Waals surface area contributed by atoms with Gasteiger partial charge in [0.05, 0.1) is 12.3 Å². The summed E-state index contributed by atoms with van der Waals surface area (Å²) in [6.07, 6.45) is 6.56. The number of hydrogen-bond acceptors (Lipinski definition) is 4. The molecule has 0 bridgehead atoms. The van der Waals surface area contributed by atoms with E-state index in [2.05, 4.69) is 5.32 Å². The Kier molecular flexibility index (Phi) is 3.45. The molecule has 1 heterocycles. The van der Waals surface area contributed by atoms with Crippen molar-refractivity contribution in [2.45, 2.75) is 50.7 Å². The zero-order valence-corrected chi connectivity index (χ0v) is 11.2. The fraction of sp³-hybridized carbons (Fsp3) is 0.769. The van der Waals surface area contributed by atoms with Crippen LogP contribution in [0, 0.1) is 0 Å². The molecule has 0 radical (unpaired) electrons. The average Bonchev–Trinajstić information content (AvgIpc) is 3.06. The lowest BCUT2D eigenvalue weighted by molar-refractivity contribution is 0.184. The van der Waals surface area contributed by atoms with E-state index in [1.165, 1.54) is 42.7 Å². The SMILES string of the molecule is COCc1nc2c(s1)CCCC2CNC1CC1. The largest absolute Gasteiger partial charge is 0.378 e. The second-order valence-electron chi connectivity index (χ2n) is 5.12. The van der Waals surface area contributed by atoms with Crippen molar-refractivity contribution < 1.29 is 4.74 Å². The number of thiazole rings is 1. The molecule has 0 amide bonds. The van der Waals surface area contributed by atoms with Gasteiger partial charge in [0.25, 0.3) is 0 Å². The second kappa shape index (κ2) is 5.04. The predicted octanol–water partition coefficient (Wildman–Crippen LogP) is 2.46. The lowest BCUT2D eigenvalue weighted by atomic mass is 9.91. The van der Waals surface area contributed by atoms with Crippen LogP contribution in [-0.2, 0) is 17.8 Å². The maximum Gasteiger partial charge on any atom is 0.119 e. The molecule has 94 valence electrons. The minimum atomic E-state index is 0.640. The standard InChI is InChI=1S/C13H20N2OS/c1-16-8-12-15-13-9(7-14-10-5-6-10)3-2-4-11(13)17-12/h9-10,14H,2-8H2,1H3. The Balaban J connectivity index is 1.70. The first-order valence-electron chi connectivity index (χ1n) is 6.57. The van der Waals surface area contributed by atoms with Gasteiger partial charge in [-0.05, 0) is 32.1 Å². The van der Waals surface area contributed by atoms with E-state index >= 15 is 0 Å². The van der Waals surface area contributed by atoms with E-state index in [-0.39, 0.29) is 0 Å². The van der Waals surface area contributed by atoms with Gasteiger partial charge in [0.1, 0.15) is 5.01 Å². The summed E-state index contributed by atoms with van der Waals surface area (Å²) in [5, 5.41) is 4.79. The monoisotopic (exact) mass is 252 g/mol. The fourth-order valence-electron chi connectivity index (χ4n) is 2.54. The summed E-state index contributed by atoms with van der Waals surface area (Å²) < 4.78 is 5.18. The normalized spacial score (nSPS) is 23.7. The van der Waals surface area contributed by atoms with Crippen LogP contribution < -0.4 is 5.32 Å². The van der Waals surface area contributed by atoms with Crippen molar-refractivity contribution in [2.24, 2.45) is 0 Å². The summed E-state index contributed by atoms with van der Waals surface area (Å²) in [6.45, 7) is 1.79. The number of hydrogen-bond donors (Lipinski definition) is 1. The van der Waals surface area contributed by atoms with Crippen LogP contribution in [0.25, 0.3) is 0 Å². The molecule has 1 aromatic rings. The Labute approximate surface area is 107 Å². The Hall–Kier alpha value is -0.450. The van der Waals surface area contributed by atoms with Crippen LogP contribution in [0.1, 0.15) is 47.2 Å². The summed E-state index contributed by atoms with van der Waals surface area (Å²) in [5.41, 5.74) is 1.36. The smallest absolute Gasteiger partial charge is 0.119 e. The minimum Gasteiger partial charge on any atom is -0.378 e. The number of ether oxygens (including phenoxy) is 1. The maximum absolute atomic E-state index is 5.18. The minimum absolute atomic E-state index is 0.640. The van der Waals surface area contributed by atoms with Gasteiger partial charge >= 0.3 is 0 Å². The number of nitrogens with one attached hydrogen (secondary N) is 1. The van der Waals surface area contributed by atoms with Gasteiger partial charge in [0, 0.05) is 30.5 Å². The van der Waals surface area contributed by atoms with Crippen molar-refractivity contribution in [2.75, 3.05) is 13.7 Å². The lowest BCUT2D eigenvalue weighted by Gasteiger charge is -2.21. The van der Waals surface area contributed by atoms with Gasteiger partial charge in [-0.15, -0.1) is 11.3 Å². The summed E-state index contributed by atoms with van der Waals surface area (Å²) in [4.78, 5) is 6.28. The molecule has 1 N–H and O–H groups in total. The topological polar surface area (TPSA) is 34.1 Å². The first-order chi connectivity index (χ1) is 8.36. The van der Waals surface area contributed by atoms with Crippen LogP contribution in [0.2, 0.25) is 0 Å². The molecule has 1 aromatic heterocycles. The van der Waals surface area contributed by atoms with Crippen LogP contribution in [0.4, 0.5) is 0 Å². The molecule has 1 fully saturated rings. The molecular weight excluding hydrogens is 232 g/mol. The highest BCUT2D eigenvalue weighted by Gasteiger charge is 2.27. The highest BCUT2D eigenvalue weighted by Crippen LogP contribution is 2.35.